The van der Waals surface area contributed by atoms with E-state index in [0.717, 1.165) is 37.0 Å². The number of carboxylic acid groups (broad SMARTS) is 1. The first-order valence-electron chi connectivity index (χ1n) is 8.08. The third-order valence-electron chi connectivity index (χ3n) is 5.42. The molecule has 0 amide bonds. The quantitative estimate of drug-likeness (QED) is 0.623. The maximum Gasteiger partial charge on any atom is 0.333 e. The summed E-state index contributed by atoms with van der Waals surface area (Å²) in [4.78, 5) is 22.8. The molecule has 0 aliphatic heterocycles. The molecule has 4 aliphatic carbocycles. The number of ether oxygens (including phenoxy) is 1. The summed E-state index contributed by atoms with van der Waals surface area (Å²) in [6, 6.07) is 0. The fraction of sp³-hybridized carbons (Fsp3) is 0.765. The van der Waals surface area contributed by atoms with Crippen LogP contribution in [0.15, 0.2) is 11.6 Å². The number of hydrogen-bond donors (Lipinski definition) is 1. The van der Waals surface area contributed by atoms with Crippen LogP contribution in [-0.2, 0) is 14.3 Å². The fourth-order valence-electron chi connectivity index (χ4n) is 4.93. The van der Waals surface area contributed by atoms with Crippen LogP contribution in [0.1, 0.15) is 58.3 Å². The molecule has 0 saturated heterocycles. The lowest BCUT2D eigenvalue weighted by molar-refractivity contribution is -0.182. The molecule has 116 valence electrons. The number of esters is 1. The van der Waals surface area contributed by atoms with E-state index in [9.17, 15) is 9.59 Å². The number of hydrogen-bond acceptors (Lipinski definition) is 3. The van der Waals surface area contributed by atoms with Crippen molar-refractivity contribution in [3.63, 3.8) is 0 Å². The number of rotatable bonds is 5. The lowest BCUT2D eigenvalue weighted by Crippen LogP contribution is -2.52. The summed E-state index contributed by atoms with van der Waals surface area (Å²) >= 11 is 0. The number of allylic oxidation sites excluding steroid dienone is 1. The zero-order valence-corrected chi connectivity index (χ0v) is 12.6. The van der Waals surface area contributed by atoms with Crippen LogP contribution in [-0.4, -0.2) is 22.6 Å². The van der Waals surface area contributed by atoms with Gasteiger partial charge in [-0.05, 0) is 69.6 Å². The summed E-state index contributed by atoms with van der Waals surface area (Å²) < 4.78 is 5.92. The summed E-state index contributed by atoms with van der Waals surface area (Å²) in [6.07, 6.45) is 9.21. The maximum atomic E-state index is 12.3. The topological polar surface area (TPSA) is 63.6 Å². The van der Waals surface area contributed by atoms with Gasteiger partial charge in [0.2, 0.25) is 0 Å². The zero-order chi connectivity index (χ0) is 15.0. The second kappa shape index (κ2) is 5.47. The second-order valence-electron chi connectivity index (χ2n) is 7.31. The third kappa shape index (κ3) is 3.14. The Kier molecular flexibility index (Phi) is 3.80. The molecule has 4 aliphatic rings. The van der Waals surface area contributed by atoms with E-state index in [4.69, 9.17) is 9.84 Å². The van der Waals surface area contributed by atoms with Crippen molar-refractivity contribution in [3.8, 4) is 0 Å². The Hall–Kier alpha value is -1.32. The Bertz CT molecular complexity index is 442. The SMILES string of the molecule is CC(=CCCC(=O)O)C(=O)OC12CC3CC(CC(C3)C1)C2. The van der Waals surface area contributed by atoms with Crippen molar-refractivity contribution in [1.82, 2.24) is 0 Å². The molecular formula is C17H24O4. The first-order chi connectivity index (χ1) is 9.96. The molecular weight excluding hydrogens is 268 g/mol. The van der Waals surface area contributed by atoms with Gasteiger partial charge < -0.3 is 9.84 Å². The minimum atomic E-state index is -0.839. The highest BCUT2D eigenvalue weighted by molar-refractivity contribution is 5.88. The van der Waals surface area contributed by atoms with Crippen molar-refractivity contribution >= 4 is 11.9 Å². The van der Waals surface area contributed by atoms with Crippen LogP contribution in [0.3, 0.4) is 0 Å². The molecule has 4 fully saturated rings. The zero-order valence-electron chi connectivity index (χ0n) is 12.6. The van der Waals surface area contributed by atoms with Gasteiger partial charge >= 0.3 is 11.9 Å². The molecule has 0 spiro atoms. The monoisotopic (exact) mass is 292 g/mol. The van der Waals surface area contributed by atoms with Crippen molar-refractivity contribution in [2.75, 3.05) is 0 Å². The number of carbonyl (C=O) groups is 2. The number of carbonyl (C=O) groups excluding carboxylic acids is 1. The third-order valence-corrected chi connectivity index (χ3v) is 5.42. The molecule has 0 aromatic heterocycles. The lowest BCUT2D eigenvalue weighted by atomic mass is 9.54. The minimum Gasteiger partial charge on any atom is -0.481 e. The molecule has 0 unspecified atom stereocenters. The van der Waals surface area contributed by atoms with Crippen molar-refractivity contribution in [2.24, 2.45) is 17.8 Å². The van der Waals surface area contributed by atoms with Crippen molar-refractivity contribution in [3.05, 3.63) is 11.6 Å². The largest absolute Gasteiger partial charge is 0.481 e. The first-order valence-corrected chi connectivity index (χ1v) is 8.08. The van der Waals surface area contributed by atoms with Gasteiger partial charge in [0, 0.05) is 12.0 Å². The van der Waals surface area contributed by atoms with Gasteiger partial charge in [0.25, 0.3) is 0 Å². The predicted octanol–water partition coefficient (Wildman–Crippen LogP) is 3.31. The van der Waals surface area contributed by atoms with Gasteiger partial charge in [-0.2, -0.15) is 0 Å². The molecule has 4 nitrogen and oxygen atoms in total. The van der Waals surface area contributed by atoms with Gasteiger partial charge in [-0.3, -0.25) is 4.79 Å². The highest BCUT2D eigenvalue weighted by Crippen LogP contribution is 2.57. The summed E-state index contributed by atoms with van der Waals surface area (Å²) in [6.45, 7) is 1.73. The Balaban J connectivity index is 1.60. The van der Waals surface area contributed by atoms with Crippen molar-refractivity contribution in [2.45, 2.75) is 63.9 Å². The lowest BCUT2D eigenvalue weighted by Gasteiger charge is -2.55. The van der Waals surface area contributed by atoms with Crippen LogP contribution < -0.4 is 0 Å². The smallest absolute Gasteiger partial charge is 0.333 e. The average molecular weight is 292 g/mol. The van der Waals surface area contributed by atoms with Gasteiger partial charge in [-0.1, -0.05) is 6.08 Å². The van der Waals surface area contributed by atoms with Gasteiger partial charge in [0.05, 0.1) is 0 Å². The van der Waals surface area contributed by atoms with Gasteiger partial charge in [0.15, 0.2) is 0 Å². The van der Waals surface area contributed by atoms with Crippen molar-refractivity contribution in [1.29, 1.82) is 0 Å². The summed E-state index contributed by atoms with van der Waals surface area (Å²) in [7, 11) is 0. The fourth-order valence-corrected chi connectivity index (χ4v) is 4.93. The number of carboxylic acids is 1. The summed E-state index contributed by atoms with van der Waals surface area (Å²) in [5, 5.41) is 8.63. The molecule has 4 saturated carbocycles. The Labute approximate surface area is 125 Å². The van der Waals surface area contributed by atoms with Gasteiger partial charge in [0.1, 0.15) is 5.60 Å². The van der Waals surface area contributed by atoms with Crippen LogP contribution >= 0.6 is 0 Å². The van der Waals surface area contributed by atoms with E-state index in [1.165, 1.54) is 19.3 Å². The van der Waals surface area contributed by atoms with E-state index in [1.54, 1.807) is 13.0 Å². The Morgan fingerprint density at radius 2 is 1.67 bits per heavy atom. The Morgan fingerprint density at radius 1 is 1.14 bits per heavy atom. The molecule has 0 atom stereocenters. The van der Waals surface area contributed by atoms with Crippen LogP contribution in [0.25, 0.3) is 0 Å². The molecule has 0 radical (unpaired) electrons. The van der Waals surface area contributed by atoms with Crippen LogP contribution in [0, 0.1) is 17.8 Å². The van der Waals surface area contributed by atoms with E-state index in [-0.39, 0.29) is 18.0 Å². The molecule has 1 N–H and O–H groups in total. The molecule has 4 heteroatoms. The van der Waals surface area contributed by atoms with E-state index in [2.05, 4.69) is 0 Å². The van der Waals surface area contributed by atoms with Gasteiger partial charge in [-0.15, -0.1) is 0 Å². The van der Waals surface area contributed by atoms with Crippen LogP contribution in [0.4, 0.5) is 0 Å². The molecule has 0 heterocycles. The van der Waals surface area contributed by atoms with E-state index < -0.39 is 5.97 Å². The molecule has 0 aromatic rings. The van der Waals surface area contributed by atoms with Crippen molar-refractivity contribution < 1.29 is 19.4 Å². The maximum absolute atomic E-state index is 12.3. The van der Waals surface area contributed by atoms with Crippen LogP contribution in [0.5, 0.6) is 0 Å². The predicted molar refractivity (Wildman–Crippen MR) is 77.6 cm³/mol. The summed E-state index contributed by atoms with van der Waals surface area (Å²) in [5.74, 6) is 1.16. The van der Waals surface area contributed by atoms with E-state index in [1.807, 2.05) is 0 Å². The summed E-state index contributed by atoms with van der Waals surface area (Å²) in [5.41, 5.74) is 0.334. The highest BCUT2D eigenvalue weighted by Gasteiger charge is 2.53. The normalized spacial score (nSPS) is 37.6. The highest BCUT2D eigenvalue weighted by atomic mass is 16.6. The van der Waals surface area contributed by atoms with E-state index >= 15 is 0 Å². The second-order valence-corrected chi connectivity index (χ2v) is 7.31. The minimum absolute atomic E-state index is 0.0575. The average Bonchev–Trinajstić information content (AvgIpc) is 2.35. The molecule has 0 aromatic carbocycles. The number of aliphatic carboxylic acids is 1. The molecule has 4 rings (SSSR count). The Morgan fingerprint density at radius 3 is 2.14 bits per heavy atom. The first kappa shape index (κ1) is 14.6. The van der Waals surface area contributed by atoms with Crippen LogP contribution in [0.2, 0.25) is 0 Å². The molecule has 4 bridgehead atoms. The molecule has 21 heavy (non-hydrogen) atoms. The van der Waals surface area contributed by atoms with Gasteiger partial charge in [-0.25, -0.2) is 4.79 Å². The standard InChI is InChI=1S/C17H24O4/c1-11(3-2-4-15(18)19)16(20)21-17-8-12-5-13(9-17)7-14(6-12)10-17/h3,12-14H,2,4-10H2,1H3,(H,18,19). The van der Waals surface area contributed by atoms with E-state index in [0.29, 0.717) is 12.0 Å².